The third-order valence-electron chi connectivity index (χ3n) is 2.46. The smallest absolute Gasteiger partial charge is 0.0613 e. The molecular weight excluding hydrogens is 190 g/mol. The Morgan fingerprint density at radius 1 is 1.20 bits per heavy atom. The normalized spacial score (nSPS) is 15.6. The van der Waals surface area contributed by atoms with Crippen LogP contribution in [0.15, 0.2) is 0 Å². The lowest BCUT2D eigenvalue weighted by Gasteiger charge is -2.22. The van der Waals surface area contributed by atoms with Crippen LogP contribution in [0.3, 0.4) is 0 Å². The van der Waals surface area contributed by atoms with Crippen LogP contribution in [-0.2, 0) is 9.47 Å². The van der Waals surface area contributed by atoms with Gasteiger partial charge in [0.2, 0.25) is 0 Å². The highest BCUT2D eigenvalue weighted by atomic mass is 16.5. The summed E-state index contributed by atoms with van der Waals surface area (Å²) in [6.45, 7) is 11.2. The molecule has 3 heteroatoms. The van der Waals surface area contributed by atoms with Crippen molar-refractivity contribution in [3.8, 4) is 0 Å². The van der Waals surface area contributed by atoms with E-state index in [1.54, 1.807) is 7.11 Å². The Morgan fingerprint density at radius 3 is 2.33 bits per heavy atom. The summed E-state index contributed by atoms with van der Waals surface area (Å²) in [6, 6.07) is 0.421. The zero-order valence-corrected chi connectivity index (χ0v) is 10.9. The summed E-state index contributed by atoms with van der Waals surface area (Å²) in [5.74, 6) is 0.587. The number of hydrogen-bond donors (Lipinski definition) is 1. The molecule has 0 saturated carbocycles. The molecule has 0 aliphatic carbocycles. The van der Waals surface area contributed by atoms with Crippen LogP contribution < -0.4 is 5.32 Å². The first-order valence-corrected chi connectivity index (χ1v) is 5.95. The van der Waals surface area contributed by atoms with E-state index in [0.29, 0.717) is 18.1 Å². The fraction of sp³-hybridized carbons (Fsp3) is 1.00. The van der Waals surface area contributed by atoms with E-state index in [4.69, 9.17) is 9.47 Å². The van der Waals surface area contributed by atoms with Gasteiger partial charge in [-0.1, -0.05) is 13.8 Å². The first kappa shape index (κ1) is 14.9. The van der Waals surface area contributed by atoms with Crippen molar-refractivity contribution in [1.29, 1.82) is 0 Å². The van der Waals surface area contributed by atoms with Crippen molar-refractivity contribution in [2.24, 2.45) is 5.92 Å². The minimum absolute atomic E-state index is 0.372. The number of hydrogen-bond acceptors (Lipinski definition) is 3. The highest BCUT2D eigenvalue weighted by molar-refractivity contribution is 4.66. The molecule has 0 aromatic carbocycles. The molecule has 0 aliphatic rings. The summed E-state index contributed by atoms with van der Waals surface area (Å²) in [5.41, 5.74) is 0. The SMILES string of the molecule is CCOC(CCNC(C)COC)C(C)C. The summed E-state index contributed by atoms with van der Waals surface area (Å²) in [5, 5.41) is 3.42. The maximum absolute atomic E-state index is 5.67. The lowest BCUT2D eigenvalue weighted by Crippen LogP contribution is -2.34. The van der Waals surface area contributed by atoms with Gasteiger partial charge in [-0.15, -0.1) is 0 Å². The van der Waals surface area contributed by atoms with Gasteiger partial charge in [0.25, 0.3) is 0 Å². The van der Waals surface area contributed by atoms with E-state index in [1.807, 2.05) is 0 Å². The molecule has 1 N–H and O–H groups in total. The Kier molecular flexibility index (Phi) is 9.06. The molecule has 0 heterocycles. The van der Waals surface area contributed by atoms with Crippen molar-refractivity contribution in [3.05, 3.63) is 0 Å². The fourth-order valence-electron chi connectivity index (χ4n) is 1.60. The molecule has 2 unspecified atom stereocenters. The molecule has 0 amide bonds. The summed E-state index contributed by atoms with van der Waals surface area (Å²) >= 11 is 0. The highest BCUT2D eigenvalue weighted by Crippen LogP contribution is 2.09. The molecule has 0 bridgehead atoms. The van der Waals surface area contributed by atoms with Gasteiger partial charge in [0, 0.05) is 19.8 Å². The van der Waals surface area contributed by atoms with Crippen LogP contribution in [0.2, 0.25) is 0 Å². The van der Waals surface area contributed by atoms with Gasteiger partial charge in [-0.3, -0.25) is 0 Å². The van der Waals surface area contributed by atoms with Crippen molar-refractivity contribution < 1.29 is 9.47 Å². The van der Waals surface area contributed by atoms with Gasteiger partial charge in [-0.25, -0.2) is 0 Å². The minimum atomic E-state index is 0.372. The molecule has 0 aromatic heterocycles. The number of ether oxygens (including phenoxy) is 2. The Morgan fingerprint density at radius 2 is 1.87 bits per heavy atom. The van der Waals surface area contributed by atoms with E-state index in [-0.39, 0.29) is 0 Å². The van der Waals surface area contributed by atoms with Crippen LogP contribution in [0.4, 0.5) is 0 Å². The van der Waals surface area contributed by atoms with E-state index < -0.39 is 0 Å². The van der Waals surface area contributed by atoms with Gasteiger partial charge in [0.15, 0.2) is 0 Å². The van der Waals surface area contributed by atoms with Crippen molar-refractivity contribution in [2.75, 3.05) is 26.9 Å². The summed E-state index contributed by atoms with van der Waals surface area (Å²) in [6.07, 6.45) is 1.44. The van der Waals surface area contributed by atoms with Gasteiger partial charge in [-0.2, -0.15) is 0 Å². The maximum Gasteiger partial charge on any atom is 0.0613 e. The van der Waals surface area contributed by atoms with Crippen molar-refractivity contribution in [3.63, 3.8) is 0 Å². The number of methoxy groups -OCH3 is 1. The Balaban J connectivity index is 3.61. The minimum Gasteiger partial charge on any atom is -0.383 e. The van der Waals surface area contributed by atoms with Crippen molar-refractivity contribution in [2.45, 2.75) is 46.3 Å². The Hall–Kier alpha value is -0.120. The van der Waals surface area contributed by atoms with E-state index in [0.717, 1.165) is 26.2 Å². The molecule has 3 nitrogen and oxygen atoms in total. The molecule has 0 fully saturated rings. The van der Waals surface area contributed by atoms with Gasteiger partial charge < -0.3 is 14.8 Å². The topological polar surface area (TPSA) is 30.5 Å². The van der Waals surface area contributed by atoms with Gasteiger partial charge in [0.05, 0.1) is 12.7 Å². The molecule has 0 rings (SSSR count). The lowest BCUT2D eigenvalue weighted by atomic mass is 10.0. The zero-order valence-electron chi connectivity index (χ0n) is 10.9. The zero-order chi connectivity index (χ0) is 11.7. The second kappa shape index (κ2) is 9.13. The second-order valence-electron chi connectivity index (χ2n) is 4.34. The predicted octanol–water partition coefficient (Wildman–Crippen LogP) is 2.06. The van der Waals surface area contributed by atoms with E-state index in [9.17, 15) is 0 Å². The van der Waals surface area contributed by atoms with Crippen LogP contribution in [-0.4, -0.2) is 39.0 Å². The summed E-state index contributed by atoms with van der Waals surface area (Å²) in [7, 11) is 1.73. The van der Waals surface area contributed by atoms with Crippen LogP contribution in [0.25, 0.3) is 0 Å². The van der Waals surface area contributed by atoms with Crippen LogP contribution in [0.1, 0.15) is 34.1 Å². The largest absolute Gasteiger partial charge is 0.383 e. The maximum atomic E-state index is 5.67. The molecule has 15 heavy (non-hydrogen) atoms. The molecule has 0 aliphatic heterocycles. The summed E-state index contributed by atoms with van der Waals surface area (Å²) in [4.78, 5) is 0. The Labute approximate surface area is 94.5 Å². The standard InChI is InChI=1S/C12H27NO2/c1-6-15-12(10(2)3)7-8-13-11(4)9-14-5/h10-13H,6-9H2,1-5H3. The molecule has 0 spiro atoms. The molecule has 0 aromatic rings. The van der Waals surface area contributed by atoms with Crippen molar-refractivity contribution in [1.82, 2.24) is 5.32 Å². The van der Waals surface area contributed by atoms with Crippen LogP contribution in [0, 0.1) is 5.92 Å². The highest BCUT2D eigenvalue weighted by Gasteiger charge is 2.12. The second-order valence-corrected chi connectivity index (χ2v) is 4.34. The quantitative estimate of drug-likeness (QED) is 0.641. The van der Waals surface area contributed by atoms with E-state index in [1.165, 1.54) is 0 Å². The van der Waals surface area contributed by atoms with E-state index in [2.05, 4.69) is 33.0 Å². The Bertz CT molecular complexity index is 140. The molecule has 92 valence electrons. The van der Waals surface area contributed by atoms with Gasteiger partial charge >= 0.3 is 0 Å². The fourth-order valence-corrected chi connectivity index (χ4v) is 1.60. The molecular formula is C12H27NO2. The first-order valence-electron chi connectivity index (χ1n) is 5.95. The van der Waals surface area contributed by atoms with E-state index >= 15 is 0 Å². The molecule has 2 atom stereocenters. The van der Waals surface area contributed by atoms with Gasteiger partial charge in [0.1, 0.15) is 0 Å². The van der Waals surface area contributed by atoms with Crippen molar-refractivity contribution >= 4 is 0 Å². The number of nitrogens with one attached hydrogen (secondary N) is 1. The van der Waals surface area contributed by atoms with Crippen LogP contribution >= 0.6 is 0 Å². The number of rotatable bonds is 9. The summed E-state index contributed by atoms with van der Waals surface area (Å²) < 4.78 is 10.7. The third-order valence-corrected chi connectivity index (χ3v) is 2.46. The monoisotopic (exact) mass is 217 g/mol. The molecule has 0 radical (unpaired) electrons. The average Bonchev–Trinajstić information content (AvgIpc) is 2.16. The molecule has 0 saturated heterocycles. The first-order chi connectivity index (χ1) is 7.11. The predicted molar refractivity (Wildman–Crippen MR) is 64.2 cm³/mol. The lowest BCUT2D eigenvalue weighted by molar-refractivity contribution is 0.0242. The third kappa shape index (κ3) is 7.77. The average molecular weight is 217 g/mol. The van der Waals surface area contributed by atoms with Crippen LogP contribution in [0.5, 0.6) is 0 Å². The van der Waals surface area contributed by atoms with Gasteiger partial charge in [-0.05, 0) is 32.7 Å².